The van der Waals surface area contributed by atoms with Gasteiger partial charge in [0.05, 0.1) is 18.9 Å². The smallest absolute Gasteiger partial charge is 0.222 e. The van der Waals surface area contributed by atoms with Gasteiger partial charge in [-0.05, 0) is 30.2 Å². The van der Waals surface area contributed by atoms with Crippen molar-refractivity contribution in [3.63, 3.8) is 0 Å². The zero-order valence-electron chi connectivity index (χ0n) is 13.7. The second kappa shape index (κ2) is 8.08. The molecule has 128 valence electrons. The molecule has 3 heterocycles. The number of pyridine rings is 1. The van der Waals surface area contributed by atoms with E-state index < -0.39 is 6.10 Å². The summed E-state index contributed by atoms with van der Waals surface area (Å²) < 4.78 is 5.43. The molecule has 1 aliphatic heterocycles. The summed E-state index contributed by atoms with van der Waals surface area (Å²) in [5.41, 5.74) is 1.08. The van der Waals surface area contributed by atoms with Crippen molar-refractivity contribution < 1.29 is 14.3 Å². The molecule has 1 fully saturated rings. The Kier molecular flexibility index (Phi) is 5.61. The number of aliphatic hydroxyl groups is 1. The van der Waals surface area contributed by atoms with E-state index in [1.807, 2.05) is 30.5 Å². The number of amides is 1. The highest BCUT2D eigenvalue weighted by Gasteiger charge is 2.24. The third kappa shape index (κ3) is 4.66. The maximum absolute atomic E-state index is 11.7. The molecule has 24 heavy (non-hydrogen) atoms. The van der Waals surface area contributed by atoms with Gasteiger partial charge in [0.1, 0.15) is 5.76 Å². The van der Waals surface area contributed by atoms with Crippen LogP contribution in [0.5, 0.6) is 0 Å². The summed E-state index contributed by atoms with van der Waals surface area (Å²) in [6.45, 7) is 2.88. The Morgan fingerprint density at radius 1 is 1.33 bits per heavy atom. The van der Waals surface area contributed by atoms with Crippen LogP contribution in [-0.2, 0) is 17.9 Å². The molecular weight excluding hydrogens is 306 g/mol. The fourth-order valence-electron chi connectivity index (χ4n) is 3.07. The summed E-state index contributed by atoms with van der Waals surface area (Å²) in [5, 5.41) is 10.4. The number of carbonyl (C=O) groups excluding carboxylic acids is 1. The van der Waals surface area contributed by atoms with Gasteiger partial charge in [0, 0.05) is 45.0 Å². The molecule has 1 atom stereocenters. The number of furan rings is 1. The molecule has 6 heteroatoms. The van der Waals surface area contributed by atoms with Crippen LogP contribution in [0.2, 0.25) is 0 Å². The summed E-state index contributed by atoms with van der Waals surface area (Å²) in [6.07, 6.45) is 6.12. The van der Waals surface area contributed by atoms with Crippen molar-refractivity contribution in [3.8, 4) is 0 Å². The zero-order valence-corrected chi connectivity index (χ0v) is 13.7. The number of aromatic nitrogens is 1. The monoisotopic (exact) mass is 329 g/mol. The fraction of sp³-hybridized carbons (Fsp3) is 0.444. The van der Waals surface area contributed by atoms with Gasteiger partial charge in [0.25, 0.3) is 0 Å². The SMILES string of the molecule is O=C1CCCN1CC(O)CN(Cc1cccnc1)Cc1ccco1. The molecule has 0 aliphatic carbocycles. The van der Waals surface area contributed by atoms with Gasteiger partial charge in [0.2, 0.25) is 5.91 Å². The van der Waals surface area contributed by atoms with E-state index in [1.54, 1.807) is 17.4 Å². The molecule has 0 spiro atoms. The number of aliphatic hydroxyl groups excluding tert-OH is 1. The topological polar surface area (TPSA) is 69.8 Å². The fourth-order valence-corrected chi connectivity index (χ4v) is 3.07. The highest BCUT2D eigenvalue weighted by molar-refractivity contribution is 5.78. The molecule has 0 radical (unpaired) electrons. The van der Waals surface area contributed by atoms with Crippen LogP contribution in [0.25, 0.3) is 0 Å². The minimum atomic E-state index is -0.585. The van der Waals surface area contributed by atoms with Gasteiger partial charge < -0.3 is 14.4 Å². The number of hydrogen-bond acceptors (Lipinski definition) is 5. The van der Waals surface area contributed by atoms with E-state index in [9.17, 15) is 9.90 Å². The first-order valence-corrected chi connectivity index (χ1v) is 8.30. The second-order valence-corrected chi connectivity index (χ2v) is 6.21. The molecule has 2 aromatic heterocycles. The highest BCUT2D eigenvalue weighted by atomic mass is 16.3. The third-order valence-corrected chi connectivity index (χ3v) is 4.16. The van der Waals surface area contributed by atoms with Gasteiger partial charge >= 0.3 is 0 Å². The van der Waals surface area contributed by atoms with Crippen LogP contribution in [0.15, 0.2) is 47.3 Å². The average molecular weight is 329 g/mol. The first kappa shape index (κ1) is 16.7. The predicted octanol–water partition coefficient (Wildman–Crippen LogP) is 1.66. The Morgan fingerprint density at radius 2 is 2.25 bits per heavy atom. The van der Waals surface area contributed by atoms with Gasteiger partial charge in [-0.25, -0.2) is 0 Å². The lowest BCUT2D eigenvalue weighted by atomic mass is 10.2. The van der Waals surface area contributed by atoms with E-state index in [0.717, 1.165) is 24.3 Å². The van der Waals surface area contributed by atoms with E-state index in [2.05, 4.69) is 9.88 Å². The van der Waals surface area contributed by atoms with Gasteiger partial charge in [-0.3, -0.25) is 14.7 Å². The van der Waals surface area contributed by atoms with Crippen molar-refractivity contribution >= 4 is 5.91 Å². The van der Waals surface area contributed by atoms with Gasteiger partial charge in [-0.15, -0.1) is 0 Å². The molecule has 0 aromatic carbocycles. The number of carbonyl (C=O) groups is 1. The first-order chi connectivity index (χ1) is 11.7. The average Bonchev–Trinajstić information content (AvgIpc) is 3.21. The Morgan fingerprint density at radius 3 is 2.92 bits per heavy atom. The third-order valence-electron chi connectivity index (χ3n) is 4.16. The molecule has 1 N–H and O–H groups in total. The lowest BCUT2D eigenvalue weighted by molar-refractivity contribution is -0.129. The van der Waals surface area contributed by atoms with Gasteiger partial charge in [-0.2, -0.15) is 0 Å². The minimum absolute atomic E-state index is 0.138. The molecule has 1 aliphatic rings. The number of β-amino-alcohol motifs (C(OH)–C–C–N with tert-alkyl or cyclic N) is 1. The van der Waals surface area contributed by atoms with Crippen LogP contribution < -0.4 is 0 Å². The first-order valence-electron chi connectivity index (χ1n) is 8.30. The lowest BCUT2D eigenvalue weighted by Crippen LogP contribution is -2.40. The number of rotatable bonds is 8. The number of nitrogens with zero attached hydrogens (tertiary/aromatic N) is 3. The Hall–Kier alpha value is -2.18. The normalized spacial score (nSPS) is 16.1. The molecule has 3 rings (SSSR count). The van der Waals surface area contributed by atoms with E-state index in [0.29, 0.717) is 32.6 Å². The van der Waals surface area contributed by atoms with Crippen LogP contribution in [0, 0.1) is 0 Å². The molecule has 6 nitrogen and oxygen atoms in total. The molecule has 0 bridgehead atoms. The van der Waals surface area contributed by atoms with Crippen LogP contribution in [0.3, 0.4) is 0 Å². The maximum Gasteiger partial charge on any atom is 0.222 e. The summed E-state index contributed by atoms with van der Waals surface area (Å²) in [6, 6.07) is 7.70. The van der Waals surface area contributed by atoms with Crippen molar-refractivity contribution in [2.45, 2.75) is 32.0 Å². The highest BCUT2D eigenvalue weighted by Crippen LogP contribution is 2.13. The molecule has 1 unspecified atom stereocenters. The molecule has 0 saturated carbocycles. The Bertz CT molecular complexity index is 630. The molecule has 2 aromatic rings. The van der Waals surface area contributed by atoms with E-state index in [4.69, 9.17) is 4.42 Å². The summed E-state index contributed by atoms with van der Waals surface area (Å²) in [7, 11) is 0. The van der Waals surface area contributed by atoms with Crippen LogP contribution in [0.1, 0.15) is 24.2 Å². The molecule has 1 amide bonds. The van der Waals surface area contributed by atoms with E-state index >= 15 is 0 Å². The van der Waals surface area contributed by atoms with Crippen molar-refractivity contribution in [2.24, 2.45) is 0 Å². The summed E-state index contributed by atoms with van der Waals surface area (Å²) in [5.74, 6) is 0.988. The minimum Gasteiger partial charge on any atom is -0.468 e. The van der Waals surface area contributed by atoms with Crippen LogP contribution >= 0.6 is 0 Å². The van der Waals surface area contributed by atoms with Gasteiger partial charge in [0.15, 0.2) is 0 Å². The van der Waals surface area contributed by atoms with E-state index in [-0.39, 0.29) is 5.91 Å². The Labute approximate surface area is 141 Å². The Balaban J connectivity index is 1.61. The summed E-state index contributed by atoms with van der Waals surface area (Å²) in [4.78, 5) is 19.7. The largest absolute Gasteiger partial charge is 0.468 e. The number of hydrogen-bond donors (Lipinski definition) is 1. The summed E-state index contributed by atoms with van der Waals surface area (Å²) >= 11 is 0. The standard InChI is InChI=1S/C18H23N3O3/c22-16(13-21-8-2-6-18(21)23)12-20(14-17-5-3-9-24-17)11-15-4-1-7-19-10-15/h1,3-5,7,9-10,16,22H,2,6,8,11-14H2. The maximum atomic E-state index is 11.7. The van der Waals surface area contributed by atoms with Crippen molar-refractivity contribution in [1.82, 2.24) is 14.8 Å². The second-order valence-electron chi connectivity index (χ2n) is 6.21. The van der Waals surface area contributed by atoms with Crippen LogP contribution in [0.4, 0.5) is 0 Å². The quantitative estimate of drug-likeness (QED) is 0.798. The van der Waals surface area contributed by atoms with Crippen molar-refractivity contribution in [1.29, 1.82) is 0 Å². The molecule has 1 saturated heterocycles. The molecular formula is C18H23N3O3. The van der Waals surface area contributed by atoms with Crippen molar-refractivity contribution in [2.75, 3.05) is 19.6 Å². The van der Waals surface area contributed by atoms with Gasteiger partial charge in [-0.1, -0.05) is 6.07 Å². The predicted molar refractivity (Wildman–Crippen MR) is 88.9 cm³/mol. The lowest BCUT2D eigenvalue weighted by Gasteiger charge is -2.26. The van der Waals surface area contributed by atoms with E-state index in [1.165, 1.54) is 0 Å². The number of likely N-dealkylation sites (tertiary alicyclic amines) is 1. The zero-order chi connectivity index (χ0) is 16.8. The van der Waals surface area contributed by atoms with Crippen molar-refractivity contribution in [3.05, 3.63) is 54.2 Å². The van der Waals surface area contributed by atoms with Crippen LogP contribution in [-0.4, -0.2) is 51.5 Å².